The van der Waals surface area contributed by atoms with Crippen molar-refractivity contribution in [3.8, 4) is 0 Å². The fourth-order valence-electron chi connectivity index (χ4n) is 5.00. The molecule has 0 saturated heterocycles. The van der Waals surface area contributed by atoms with Crippen LogP contribution in [-0.4, -0.2) is 31.3 Å². The molecule has 5 rings (SSSR count). The Hall–Kier alpha value is -3.91. The standard InChI is InChI=1S/C36H34O5S2/c1-36(2,3)31-17-21-34(22-18-31)42(32-11-5-4-6-12-32)33-19-15-27(16-20-33)30(25-43(38,39)40)24-41-35(37)29-14-13-26-9-7-8-10-28(26)23-29/h4-23,30H,24-25H2,1-3H3/p+1. The van der Waals surface area contributed by atoms with Gasteiger partial charge in [-0.3, -0.25) is 4.55 Å². The highest BCUT2D eigenvalue weighted by Crippen LogP contribution is 2.34. The number of carbonyl (C=O) groups excluding carboxylic acids is 1. The number of hydrogen-bond acceptors (Lipinski definition) is 4. The topological polar surface area (TPSA) is 80.7 Å². The van der Waals surface area contributed by atoms with Crippen molar-refractivity contribution in [2.75, 3.05) is 12.4 Å². The lowest BCUT2D eigenvalue weighted by molar-refractivity contribution is 0.0485. The van der Waals surface area contributed by atoms with Gasteiger partial charge in [-0.25, -0.2) is 4.79 Å². The van der Waals surface area contributed by atoms with Crippen molar-refractivity contribution < 1.29 is 22.5 Å². The monoisotopic (exact) mass is 611 g/mol. The largest absolute Gasteiger partial charge is 0.461 e. The van der Waals surface area contributed by atoms with Gasteiger partial charge in [-0.15, -0.1) is 0 Å². The molecule has 2 atom stereocenters. The first-order valence-electron chi connectivity index (χ1n) is 14.1. The molecule has 0 spiro atoms. The quantitative estimate of drug-likeness (QED) is 0.104. The van der Waals surface area contributed by atoms with Crippen molar-refractivity contribution in [2.24, 2.45) is 0 Å². The average Bonchev–Trinajstić information content (AvgIpc) is 2.99. The molecule has 43 heavy (non-hydrogen) atoms. The summed E-state index contributed by atoms with van der Waals surface area (Å²) in [6.07, 6.45) is 0. The second kappa shape index (κ2) is 12.8. The zero-order valence-electron chi connectivity index (χ0n) is 24.4. The number of fused-ring (bicyclic) bond motifs is 1. The lowest BCUT2D eigenvalue weighted by Gasteiger charge is -2.19. The fraction of sp³-hybridized carbons (Fsp3) is 0.194. The summed E-state index contributed by atoms with van der Waals surface area (Å²) in [6.45, 7) is 6.39. The maximum atomic E-state index is 12.9. The van der Waals surface area contributed by atoms with Gasteiger partial charge < -0.3 is 4.74 Å². The van der Waals surface area contributed by atoms with E-state index in [0.717, 1.165) is 20.6 Å². The number of carbonyl (C=O) groups is 1. The maximum Gasteiger partial charge on any atom is 0.338 e. The number of hydrogen-bond donors (Lipinski definition) is 1. The molecule has 0 bridgehead atoms. The van der Waals surface area contributed by atoms with Crippen LogP contribution in [0.1, 0.15) is 48.2 Å². The molecule has 0 saturated carbocycles. The van der Waals surface area contributed by atoms with Crippen LogP contribution in [0.2, 0.25) is 0 Å². The zero-order chi connectivity index (χ0) is 30.6. The summed E-state index contributed by atoms with van der Waals surface area (Å²) < 4.78 is 39.2. The van der Waals surface area contributed by atoms with Crippen LogP contribution in [0.4, 0.5) is 0 Å². The first-order valence-corrected chi connectivity index (χ1v) is 16.9. The third-order valence-electron chi connectivity index (χ3n) is 7.33. The van der Waals surface area contributed by atoms with Crippen LogP contribution in [0.3, 0.4) is 0 Å². The van der Waals surface area contributed by atoms with E-state index >= 15 is 0 Å². The molecule has 0 fully saturated rings. The lowest BCUT2D eigenvalue weighted by atomic mass is 9.87. The Kier molecular flexibility index (Phi) is 9.06. The van der Waals surface area contributed by atoms with Gasteiger partial charge in [0.2, 0.25) is 0 Å². The van der Waals surface area contributed by atoms with Gasteiger partial charge in [-0.1, -0.05) is 93.6 Å². The SMILES string of the molecule is CC(C)(C)c1ccc([S+](c2ccccc2)c2ccc(C(COC(=O)c3ccc4ccccc4c3)CS(=O)(=O)O)cc2)cc1. The van der Waals surface area contributed by atoms with Crippen molar-refractivity contribution in [3.63, 3.8) is 0 Å². The maximum absolute atomic E-state index is 12.9. The fourth-order valence-corrected chi connectivity index (χ4v) is 7.86. The van der Waals surface area contributed by atoms with Crippen LogP contribution < -0.4 is 0 Å². The zero-order valence-corrected chi connectivity index (χ0v) is 26.1. The van der Waals surface area contributed by atoms with E-state index < -0.39 is 38.7 Å². The van der Waals surface area contributed by atoms with Crippen molar-refractivity contribution in [3.05, 3.63) is 138 Å². The summed E-state index contributed by atoms with van der Waals surface area (Å²) in [6, 6.07) is 39.7. The molecule has 0 amide bonds. The minimum absolute atomic E-state index is 0.0470. The summed E-state index contributed by atoms with van der Waals surface area (Å²) in [5, 5.41) is 1.91. The summed E-state index contributed by atoms with van der Waals surface area (Å²) in [5.41, 5.74) is 2.34. The summed E-state index contributed by atoms with van der Waals surface area (Å²) in [5.74, 6) is -1.85. The average molecular weight is 612 g/mol. The Bertz CT molecular complexity index is 1810. The molecule has 0 heterocycles. The smallest absolute Gasteiger partial charge is 0.338 e. The van der Waals surface area contributed by atoms with E-state index in [0.29, 0.717) is 11.1 Å². The van der Waals surface area contributed by atoms with Crippen molar-refractivity contribution >= 4 is 37.8 Å². The van der Waals surface area contributed by atoms with Gasteiger partial charge in [0.15, 0.2) is 14.7 Å². The van der Waals surface area contributed by atoms with Gasteiger partial charge in [0, 0.05) is 5.92 Å². The first kappa shape index (κ1) is 30.5. The second-order valence-corrected chi connectivity index (χ2v) is 15.1. The Labute approximate surface area is 256 Å². The van der Waals surface area contributed by atoms with E-state index in [1.165, 1.54) is 10.5 Å². The van der Waals surface area contributed by atoms with Crippen LogP contribution in [-0.2, 0) is 31.2 Å². The molecule has 5 nitrogen and oxygen atoms in total. The normalized spacial score (nSPS) is 13.4. The molecule has 5 aromatic carbocycles. The highest BCUT2D eigenvalue weighted by Gasteiger charge is 2.30. The minimum Gasteiger partial charge on any atom is -0.461 e. The van der Waals surface area contributed by atoms with E-state index in [-0.39, 0.29) is 12.0 Å². The van der Waals surface area contributed by atoms with Crippen molar-refractivity contribution in [1.29, 1.82) is 0 Å². The van der Waals surface area contributed by atoms with Gasteiger partial charge in [-0.2, -0.15) is 8.42 Å². The molecule has 0 aliphatic heterocycles. The number of benzene rings is 5. The first-order chi connectivity index (χ1) is 20.5. The Morgan fingerprint density at radius 3 is 1.91 bits per heavy atom. The highest BCUT2D eigenvalue weighted by molar-refractivity contribution is 7.97. The third-order valence-corrected chi connectivity index (χ3v) is 10.4. The number of ether oxygens (including phenoxy) is 1. The predicted octanol–water partition coefficient (Wildman–Crippen LogP) is 8.06. The molecule has 1 N–H and O–H groups in total. The molecule has 220 valence electrons. The third kappa shape index (κ3) is 7.73. The van der Waals surface area contributed by atoms with E-state index in [2.05, 4.69) is 57.2 Å². The summed E-state index contributed by atoms with van der Waals surface area (Å²) in [4.78, 5) is 16.3. The van der Waals surface area contributed by atoms with Crippen molar-refractivity contribution in [1.82, 2.24) is 0 Å². The minimum atomic E-state index is -4.33. The van der Waals surface area contributed by atoms with Crippen LogP contribution >= 0.6 is 0 Å². The van der Waals surface area contributed by atoms with Crippen LogP contribution in [0, 0.1) is 0 Å². The number of esters is 1. The molecule has 0 aliphatic rings. The molecule has 0 aliphatic carbocycles. The van der Waals surface area contributed by atoms with Gasteiger partial charge in [0.1, 0.15) is 0 Å². The van der Waals surface area contributed by atoms with Crippen LogP contribution in [0.25, 0.3) is 10.8 Å². The highest BCUT2D eigenvalue weighted by atomic mass is 32.2. The Morgan fingerprint density at radius 1 is 0.744 bits per heavy atom. The molecule has 0 radical (unpaired) electrons. The molecule has 0 aromatic heterocycles. The summed E-state index contributed by atoms with van der Waals surface area (Å²) >= 11 is 0. The van der Waals surface area contributed by atoms with E-state index in [1.54, 1.807) is 12.1 Å². The molecule has 7 heteroatoms. The Morgan fingerprint density at radius 2 is 1.30 bits per heavy atom. The second-order valence-electron chi connectivity index (χ2n) is 11.6. The molecule has 2 unspecified atom stereocenters. The molecule has 5 aromatic rings. The lowest BCUT2D eigenvalue weighted by Crippen LogP contribution is -2.21. The number of rotatable bonds is 9. The van der Waals surface area contributed by atoms with Crippen LogP contribution in [0.5, 0.6) is 0 Å². The van der Waals surface area contributed by atoms with Crippen LogP contribution in [0.15, 0.2) is 136 Å². The van der Waals surface area contributed by atoms with Gasteiger partial charge in [-0.05, 0) is 75.8 Å². The summed E-state index contributed by atoms with van der Waals surface area (Å²) in [7, 11) is -4.72. The van der Waals surface area contributed by atoms with Gasteiger partial charge >= 0.3 is 5.97 Å². The van der Waals surface area contributed by atoms with E-state index in [4.69, 9.17) is 4.74 Å². The molecular formula is C36H35O5S2+. The van der Waals surface area contributed by atoms with E-state index in [1.807, 2.05) is 72.8 Å². The van der Waals surface area contributed by atoms with E-state index in [9.17, 15) is 17.8 Å². The van der Waals surface area contributed by atoms with Gasteiger partial charge in [0.05, 0.1) is 28.8 Å². The molecular weight excluding hydrogens is 577 g/mol. The Balaban J connectivity index is 1.40. The van der Waals surface area contributed by atoms with Crippen molar-refractivity contribution in [2.45, 2.75) is 46.8 Å². The van der Waals surface area contributed by atoms with Gasteiger partial charge in [0.25, 0.3) is 10.1 Å². The predicted molar refractivity (Wildman–Crippen MR) is 174 cm³/mol.